The molecule has 94 valence electrons. The van der Waals surface area contributed by atoms with Crippen molar-refractivity contribution in [3.05, 3.63) is 29.8 Å². The Kier molecular flexibility index (Phi) is 4.46. The summed E-state index contributed by atoms with van der Waals surface area (Å²) in [5, 5.41) is 0.933. The minimum absolute atomic E-state index is 0.718. The maximum absolute atomic E-state index is 3.48. The summed E-state index contributed by atoms with van der Waals surface area (Å²) >= 11 is 3.48. The predicted molar refractivity (Wildman–Crippen MR) is 78.0 cm³/mol. The summed E-state index contributed by atoms with van der Waals surface area (Å²) in [5.74, 6) is 0. The van der Waals surface area contributed by atoms with Crippen LogP contribution in [0.5, 0.6) is 0 Å². The first-order valence-electron chi connectivity index (χ1n) is 6.27. The highest BCUT2D eigenvalue weighted by atomic mass is 79.9. The quantitative estimate of drug-likeness (QED) is 0.788. The van der Waals surface area contributed by atoms with Gasteiger partial charge in [-0.15, -0.1) is 0 Å². The fourth-order valence-corrected chi connectivity index (χ4v) is 2.84. The molecule has 17 heavy (non-hydrogen) atoms. The number of anilines is 1. The molecule has 0 radical (unpaired) electrons. The lowest BCUT2D eigenvalue weighted by molar-refractivity contribution is 0.314. The number of nitrogens with zero attached hydrogens (tertiary/aromatic N) is 2. The molecule has 1 heterocycles. The highest BCUT2D eigenvalue weighted by molar-refractivity contribution is 9.08. The molecule has 0 saturated carbocycles. The first-order valence-corrected chi connectivity index (χ1v) is 7.39. The van der Waals surface area contributed by atoms with E-state index < -0.39 is 0 Å². The van der Waals surface area contributed by atoms with Crippen LogP contribution in [0.15, 0.2) is 24.3 Å². The number of benzene rings is 1. The zero-order valence-corrected chi connectivity index (χ0v) is 12.3. The van der Waals surface area contributed by atoms with Crippen molar-refractivity contribution in [1.82, 2.24) is 4.90 Å². The fraction of sp³-hybridized carbons (Fsp3) is 0.571. The molecular formula is C14H21BrN2. The average molecular weight is 297 g/mol. The summed E-state index contributed by atoms with van der Waals surface area (Å²) < 4.78 is 0. The Morgan fingerprint density at radius 2 is 2.06 bits per heavy atom. The number of hydrogen-bond acceptors (Lipinski definition) is 2. The Balaban J connectivity index is 1.96. The maximum Gasteiger partial charge on any atom is 0.0364 e. The predicted octanol–water partition coefficient (Wildman–Crippen LogP) is 3.11. The van der Waals surface area contributed by atoms with Gasteiger partial charge in [0.05, 0.1) is 0 Å². The van der Waals surface area contributed by atoms with E-state index in [1.165, 1.54) is 30.6 Å². The third-order valence-electron chi connectivity index (χ3n) is 3.69. The molecule has 1 atom stereocenters. The molecule has 1 aliphatic heterocycles. The zero-order valence-electron chi connectivity index (χ0n) is 10.7. The van der Waals surface area contributed by atoms with Crippen molar-refractivity contribution in [2.75, 3.05) is 32.1 Å². The molecule has 3 heteroatoms. The van der Waals surface area contributed by atoms with Gasteiger partial charge in [-0.25, -0.2) is 0 Å². The number of halogens is 1. The van der Waals surface area contributed by atoms with E-state index in [0.717, 1.165) is 17.9 Å². The molecule has 0 aliphatic carbocycles. The van der Waals surface area contributed by atoms with Gasteiger partial charge in [-0.1, -0.05) is 28.1 Å². The Bertz CT molecular complexity index is 350. The molecular weight excluding hydrogens is 276 g/mol. The Labute approximate surface area is 113 Å². The Morgan fingerprint density at radius 1 is 1.35 bits per heavy atom. The second-order valence-electron chi connectivity index (χ2n) is 4.96. The largest absolute Gasteiger partial charge is 0.373 e. The normalized spacial score (nSPS) is 20.8. The van der Waals surface area contributed by atoms with E-state index in [0.29, 0.717) is 0 Å². The molecule has 0 spiro atoms. The van der Waals surface area contributed by atoms with Crippen LogP contribution in [0, 0.1) is 0 Å². The van der Waals surface area contributed by atoms with Crippen molar-refractivity contribution in [3.8, 4) is 0 Å². The van der Waals surface area contributed by atoms with Crippen molar-refractivity contribution >= 4 is 21.6 Å². The van der Waals surface area contributed by atoms with Crippen molar-refractivity contribution in [3.63, 3.8) is 0 Å². The van der Waals surface area contributed by atoms with E-state index in [-0.39, 0.29) is 0 Å². The Hall–Kier alpha value is -0.540. The van der Waals surface area contributed by atoms with Crippen LogP contribution in [-0.4, -0.2) is 38.1 Å². The molecule has 2 rings (SSSR count). The molecule has 1 unspecified atom stereocenters. The van der Waals surface area contributed by atoms with E-state index in [1.807, 2.05) is 0 Å². The van der Waals surface area contributed by atoms with Gasteiger partial charge in [-0.3, -0.25) is 0 Å². The van der Waals surface area contributed by atoms with E-state index in [2.05, 4.69) is 64.1 Å². The third-order valence-corrected chi connectivity index (χ3v) is 4.34. The second-order valence-corrected chi connectivity index (χ2v) is 5.52. The van der Waals surface area contributed by atoms with Crippen LogP contribution in [0.4, 0.5) is 5.69 Å². The van der Waals surface area contributed by atoms with Crippen molar-refractivity contribution in [2.24, 2.45) is 0 Å². The van der Waals surface area contributed by atoms with Crippen LogP contribution in [0.3, 0.4) is 0 Å². The first-order chi connectivity index (χ1) is 8.20. The van der Waals surface area contributed by atoms with E-state index in [1.54, 1.807) is 0 Å². The minimum Gasteiger partial charge on any atom is -0.373 e. The minimum atomic E-state index is 0.718. The molecule has 1 fully saturated rings. The summed E-state index contributed by atoms with van der Waals surface area (Å²) in [5.41, 5.74) is 2.65. The van der Waals surface area contributed by atoms with Gasteiger partial charge in [-0.2, -0.15) is 0 Å². The highest BCUT2D eigenvalue weighted by Gasteiger charge is 2.22. The monoisotopic (exact) mass is 296 g/mol. The Morgan fingerprint density at radius 3 is 2.59 bits per heavy atom. The number of hydrogen-bond donors (Lipinski definition) is 0. The molecule has 1 aromatic rings. The zero-order chi connectivity index (χ0) is 12.3. The van der Waals surface area contributed by atoms with Gasteiger partial charge in [0.15, 0.2) is 0 Å². The van der Waals surface area contributed by atoms with Crippen molar-refractivity contribution in [2.45, 2.75) is 24.2 Å². The standard InChI is InChI=1S/C14H21BrN2/c1-16-9-3-4-14(16)11-17(2)13-7-5-12(10-15)6-8-13/h5-8,14H,3-4,9-11H2,1-2H3. The number of alkyl halides is 1. The molecule has 1 saturated heterocycles. The molecule has 0 aromatic heterocycles. The lowest BCUT2D eigenvalue weighted by Gasteiger charge is -2.27. The first kappa shape index (κ1) is 12.9. The molecule has 0 amide bonds. The lowest BCUT2D eigenvalue weighted by atomic mass is 10.2. The van der Waals surface area contributed by atoms with Crippen molar-refractivity contribution in [1.29, 1.82) is 0 Å². The van der Waals surface area contributed by atoms with E-state index in [4.69, 9.17) is 0 Å². The van der Waals surface area contributed by atoms with Gasteiger partial charge < -0.3 is 9.80 Å². The van der Waals surface area contributed by atoms with E-state index in [9.17, 15) is 0 Å². The van der Waals surface area contributed by atoms with Gasteiger partial charge >= 0.3 is 0 Å². The average Bonchev–Trinajstić information content (AvgIpc) is 2.75. The molecule has 1 aliphatic rings. The fourth-order valence-electron chi connectivity index (χ4n) is 2.47. The third kappa shape index (κ3) is 3.23. The van der Waals surface area contributed by atoms with Crippen molar-refractivity contribution < 1.29 is 0 Å². The van der Waals surface area contributed by atoms with Crippen LogP contribution in [-0.2, 0) is 5.33 Å². The molecule has 2 nitrogen and oxygen atoms in total. The van der Waals surface area contributed by atoms with Gasteiger partial charge in [0.25, 0.3) is 0 Å². The van der Waals surface area contributed by atoms with Crippen LogP contribution in [0.25, 0.3) is 0 Å². The van der Waals surface area contributed by atoms with Crippen LogP contribution < -0.4 is 4.90 Å². The molecule has 0 bridgehead atoms. The van der Waals surface area contributed by atoms with Crippen LogP contribution >= 0.6 is 15.9 Å². The van der Waals surface area contributed by atoms with Gasteiger partial charge in [0, 0.05) is 30.7 Å². The number of likely N-dealkylation sites (N-methyl/N-ethyl adjacent to an activating group) is 2. The highest BCUT2D eigenvalue weighted by Crippen LogP contribution is 2.20. The maximum atomic E-state index is 3.48. The molecule has 0 N–H and O–H groups in total. The van der Waals surface area contributed by atoms with Gasteiger partial charge in [0.1, 0.15) is 0 Å². The number of rotatable bonds is 4. The topological polar surface area (TPSA) is 6.48 Å². The summed E-state index contributed by atoms with van der Waals surface area (Å²) in [6.07, 6.45) is 2.68. The van der Waals surface area contributed by atoms with Crippen LogP contribution in [0.1, 0.15) is 18.4 Å². The summed E-state index contributed by atoms with van der Waals surface area (Å²) in [6.45, 7) is 2.38. The lowest BCUT2D eigenvalue weighted by Crippen LogP contribution is -2.36. The number of likely N-dealkylation sites (tertiary alicyclic amines) is 1. The molecule has 1 aromatic carbocycles. The van der Waals surface area contributed by atoms with Gasteiger partial charge in [-0.05, 0) is 44.1 Å². The summed E-state index contributed by atoms with van der Waals surface area (Å²) in [7, 11) is 4.43. The SMILES string of the molecule is CN(CC1CCCN1C)c1ccc(CBr)cc1. The summed E-state index contributed by atoms with van der Waals surface area (Å²) in [4.78, 5) is 4.84. The summed E-state index contributed by atoms with van der Waals surface area (Å²) in [6, 6.07) is 9.53. The second kappa shape index (κ2) is 5.87. The van der Waals surface area contributed by atoms with E-state index >= 15 is 0 Å². The smallest absolute Gasteiger partial charge is 0.0364 e. The van der Waals surface area contributed by atoms with Gasteiger partial charge in [0.2, 0.25) is 0 Å². The van der Waals surface area contributed by atoms with Crippen LogP contribution in [0.2, 0.25) is 0 Å².